The Kier molecular flexibility index (Phi) is 3.19. The minimum Gasteiger partial charge on any atom is -0.478 e. The molecule has 1 amide bonds. The zero-order valence-corrected chi connectivity index (χ0v) is 9.70. The van der Waals surface area contributed by atoms with Gasteiger partial charge in [0, 0.05) is 13.1 Å². The number of carboxylic acids is 1. The first-order valence-corrected chi connectivity index (χ1v) is 5.51. The Bertz CT molecular complexity index is 476. The van der Waals surface area contributed by atoms with E-state index in [4.69, 9.17) is 16.7 Å². The van der Waals surface area contributed by atoms with Gasteiger partial charge in [-0.2, -0.15) is 0 Å². The third kappa shape index (κ3) is 2.34. The first-order chi connectivity index (χ1) is 8.09. The maximum atomic E-state index is 11.3. The standard InChI is InChI=1S/C11H11ClN2O3/c12-10-7(11(16)17)2-1-3-8(10)14-5-4-13-9(15)6-14/h1-3H,4-6H2,(H,13,15)(H,16,17). The maximum absolute atomic E-state index is 11.3. The highest BCUT2D eigenvalue weighted by Crippen LogP contribution is 2.29. The summed E-state index contributed by atoms with van der Waals surface area (Å²) in [6.07, 6.45) is 0. The molecular formula is C11H11ClN2O3. The summed E-state index contributed by atoms with van der Waals surface area (Å²) in [6, 6.07) is 4.78. The molecule has 2 N–H and O–H groups in total. The van der Waals surface area contributed by atoms with Gasteiger partial charge in [0.15, 0.2) is 0 Å². The number of hydrogen-bond acceptors (Lipinski definition) is 3. The van der Waals surface area contributed by atoms with E-state index < -0.39 is 5.97 Å². The van der Waals surface area contributed by atoms with Gasteiger partial charge < -0.3 is 15.3 Å². The van der Waals surface area contributed by atoms with Gasteiger partial charge in [0.05, 0.1) is 22.8 Å². The Morgan fingerprint density at radius 2 is 2.24 bits per heavy atom. The number of carboxylic acid groups (broad SMARTS) is 1. The van der Waals surface area contributed by atoms with Crippen molar-refractivity contribution in [2.24, 2.45) is 0 Å². The molecule has 0 bridgehead atoms. The smallest absolute Gasteiger partial charge is 0.337 e. The van der Waals surface area contributed by atoms with E-state index in [0.29, 0.717) is 18.8 Å². The van der Waals surface area contributed by atoms with Crippen LogP contribution in [0.15, 0.2) is 18.2 Å². The lowest BCUT2D eigenvalue weighted by molar-refractivity contribution is -0.120. The molecule has 0 radical (unpaired) electrons. The molecule has 0 aromatic heterocycles. The summed E-state index contributed by atoms with van der Waals surface area (Å²) < 4.78 is 0. The Hall–Kier alpha value is -1.75. The number of carbonyl (C=O) groups excluding carboxylic acids is 1. The van der Waals surface area contributed by atoms with Gasteiger partial charge in [-0.1, -0.05) is 17.7 Å². The first-order valence-electron chi connectivity index (χ1n) is 5.13. The van der Waals surface area contributed by atoms with Gasteiger partial charge in [0.25, 0.3) is 0 Å². The minimum atomic E-state index is -1.07. The molecule has 6 heteroatoms. The third-order valence-corrected chi connectivity index (χ3v) is 2.99. The Labute approximate surface area is 103 Å². The largest absolute Gasteiger partial charge is 0.478 e. The van der Waals surface area contributed by atoms with Gasteiger partial charge in [0.2, 0.25) is 5.91 Å². The summed E-state index contributed by atoms with van der Waals surface area (Å²) in [4.78, 5) is 24.0. The number of carbonyl (C=O) groups is 2. The van der Waals surface area contributed by atoms with Crippen LogP contribution in [0.5, 0.6) is 0 Å². The summed E-state index contributed by atoms with van der Waals surface area (Å²) >= 11 is 6.03. The van der Waals surface area contributed by atoms with E-state index >= 15 is 0 Å². The third-order valence-electron chi connectivity index (χ3n) is 2.59. The molecule has 0 aliphatic carbocycles. The van der Waals surface area contributed by atoms with Crippen molar-refractivity contribution >= 4 is 29.2 Å². The quantitative estimate of drug-likeness (QED) is 0.825. The van der Waals surface area contributed by atoms with Gasteiger partial charge in [-0.15, -0.1) is 0 Å². The number of aromatic carboxylic acids is 1. The minimum absolute atomic E-state index is 0.0511. The van der Waals surface area contributed by atoms with Gasteiger partial charge in [-0.25, -0.2) is 4.79 Å². The van der Waals surface area contributed by atoms with E-state index in [1.165, 1.54) is 6.07 Å². The van der Waals surface area contributed by atoms with Crippen LogP contribution in [0, 0.1) is 0 Å². The fraction of sp³-hybridized carbons (Fsp3) is 0.273. The van der Waals surface area contributed by atoms with Crippen LogP contribution in [0.3, 0.4) is 0 Å². The highest BCUT2D eigenvalue weighted by molar-refractivity contribution is 6.36. The van der Waals surface area contributed by atoms with Crippen LogP contribution in [0.1, 0.15) is 10.4 Å². The predicted molar refractivity (Wildman–Crippen MR) is 63.6 cm³/mol. The molecule has 90 valence electrons. The Balaban J connectivity index is 2.35. The van der Waals surface area contributed by atoms with Crippen LogP contribution in [0.25, 0.3) is 0 Å². The monoisotopic (exact) mass is 254 g/mol. The number of halogens is 1. The second kappa shape index (κ2) is 4.63. The lowest BCUT2D eigenvalue weighted by Gasteiger charge is -2.29. The highest BCUT2D eigenvalue weighted by Gasteiger charge is 2.21. The van der Waals surface area contributed by atoms with Crippen LogP contribution in [0.2, 0.25) is 5.02 Å². The number of benzene rings is 1. The molecule has 1 aromatic carbocycles. The second-order valence-electron chi connectivity index (χ2n) is 3.72. The Morgan fingerprint density at radius 3 is 2.88 bits per heavy atom. The molecule has 17 heavy (non-hydrogen) atoms. The molecule has 1 aliphatic heterocycles. The summed E-state index contributed by atoms with van der Waals surface area (Å²) in [5.74, 6) is -1.16. The second-order valence-corrected chi connectivity index (χ2v) is 4.09. The molecule has 0 atom stereocenters. The van der Waals surface area contributed by atoms with Crippen LogP contribution < -0.4 is 10.2 Å². The molecular weight excluding hydrogens is 244 g/mol. The van der Waals surface area contributed by atoms with E-state index in [2.05, 4.69) is 5.32 Å². The SMILES string of the molecule is O=C1CN(c2cccc(C(=O)O)c2Cl)CCN1. The lowest BCUT2D eigenvalue weighted by atomic mass is 10.1. The Morgan fingerprint density at radius 1 is 1.47 bits per heavy atom. The van der Waals surface area contributed by atoms with Gasteiger partial charge in [-0.05, 0) is 12.1 Å². The number of amides is 1. The van der Waals surface area contributed by atoms with Gasteiger partial charge in [-0.3, -0.25) is 4.79 Å². The molecule has 1 heterocycles. The van der Waals surface area contributed by atoms with Crippen LogP contribution in [-0.2, 0) is 4.79 Å². The number of hydrogen-bond donors (Lipinski definition) is 2. The zero-order valence-electron chi connectivity index (χ0n) is 8.94. The molecule has 1 aliphatic rings. The number of anilines is 1. The van der Waals surface area contributed by atoms with E-state index in [-0.39, 0.29) is 23.0 Å². The number of piperazine rings is 1. The maximum Gasteiger partial charge on any atom is 0.337 e. The zero-order chi connectivity index (χ0) is 12.4. The van der Waals surface area contributed by atoms with Gasteiger partial charge >= 0.3 is 5.97 Å². The molecule has 5 nitrogen and oxygen atoms in total. The molecule has 2 rings (SSSR count). The molecule has 0 saturated carbocycles. The van der Waals surface area contributed by atoms with Crippen molar-refractivity contribution in [3.8, 4) is 0 Å². The van der Waals surface area contributed by atoms with E-state index in [9.17, 15) is 9.59 Å². The summed E-state index contributed by atoms with van der Waals surface area (Å²) in [5, 5.41) is 11.8. The average molecular weight is 255 g/mol. The van der Waals surface area contributed by atoms with E-state index in [1.807, 2.05) is 0 Å². The number of rotatable bonds is 2. The van der Waals surface area contributed by atoms with Crippen molar-refractivity contribution in [3.63, 3.8) is 0 Å². The fourth-order valence-electron chi connectivity index (χ4n) is 1.77. The lowest BCUT2D eigenvalue weighted by Crippen LogP contribution is -2.47. The molecule has 1 aromatic rings. The van der Waals surface area contributed by atoms with Crippen LogP contribution in [0.4, 0.5) is 5.69 Å². The van der Waals surface area contributed by atoms with E-state index in [0.717, 1.165) is 0 Å². The topological polar surface area (TPSA) is 69.6 Å². The first kappa shape index (κ1) is 11.7. The summed E-state index contributed by atoms with van der Waals surface area (Å²) in [5.41, 5.74) is 0.636. The summed E-state index contributed by atoms with van der Waals surface area (Å²) in [6.45, 7) is 1.35. The van der Waals surface area contributed by atoms with Crippen molar-refractivity contribution in [2.75, 3.05) is 24.5 Å². The fourth-order valence-corrected chi connectivity index (χ4v) is 2.10. The van der Waals surface area contributed by atoms with Crippen molar-refractivity contribution in [2.45, 2.75) is 0 Å². The van der Waals surface area contributed by atoms with Crippen molar-refractivity contribution < 1.29 is 14.7 Å². The van der Waals surface area contributed by atoms with Crippen molar-refractivity contribution in [1.29, 1.82) is 0 Å². The van der Waals surface area contributed by atoms with Gasteiger partial charge in [0.1, 0.15) is 0 Å². The highest BCUT2D eigenvalue weighted by atomic mass is 35.5. The molecule has 0 unspecified atom stereocenters. The van der Waals surface area contributed by atoms with Crippen LogP contribution in [-0.4, -0.2) is 36.6 Å². The van der Waals surface area contributed by atoms with Crippen molar-refractivity contribution in [3.05, 3.63) is 28.8 Å². The molecule has 1 saturated heterocycles. The average Bonchev–Trinajstić information content (AvgIpc) is 2.29. The van der Waals surface area contributed by atoms with Crippen molar-refractivity contribution in [1.82, 2.24) is 5.32 Å². The number of nitrogens with zero attached hydrogens (tertiary/aromatic N) is 1. The predicted octanol–water partition coefficient (Wildman–Crippen LogP) is 0.974. The number of nitrogens with one attached hydrogen (secondary N) is 1. The molecule has 1 fully saturated rings. The van der Waals surface area contributed by atoms with Crippen LogP contribution >= 0.6 is 11.6 Å². The normalized spacial score (nSPS) is 15.6. The summed E-state index contributed by atoms with van der Waals surface area (Å²) in [7, 11) is 0. The van der Waals surface area contributed by atoms with E-state index in [1.54, 1.807) is 17.0 Å². The molecule has 0 spiro atoms.